The summed E-state index contributed by atoms with van der Waals surface area (Å²) in [6.07, 6.45) is 2.09. The molecule has 86 valence electrons. The fourth-order valence-corrected chi connectivity index (χ4v) is 0.963. The van der Waals surface area contributed by atoms with Crippen molar-refractivity contribution in [2.45, 2.75) is 25.9 Å². The predicted molar refractivity (Wildman–Crippen MR) is 56.4 cm³/mol. The number of hydrogen-bond donors (Lipinski definition) is 1. The largest absolute Gasteiger partial charge is 0.385 e. The van der Waals surface area contributed by atoms with Gasteiger partial charge in [0.15, 0.2) is 0 Å². The third kappa shape index (κ3) is 9.92. The van der Waals surface area contributed by atoms with Gasteiger partial charge in [-0.15, -0.1) is 0 Å². The lowest BCUT2D eigenvalue weighted by Crippen LogP contribution is -2.15. The Labute approximate surface area is 86.7 Å². The molecular formula is C10H23NO3. The number of nitrogens with two attached hydrogens (primary N) is 1. The van der Waals surface area contributed by atoms with Crippen molar-refractivity contribution < 1.29 is 14.2 Å². The van der Waals surface area contributed by atoms with E-state index in [1.165, 1.54) is 0 Å². The highest BCUT2D eigenvalue weighted by molar-refractivity contribution is 4.48. The van der Waals surface area contributed by atoms with Crippen molar-refractivity contribution >= 4 is 0 Å². The second-order valence-electron chi connectivity index (χ2n) is 3.22. The Kier molecular flexibility index (Phi) is 10.8. The Balaban J connectivity index is 3.02. The molecule has 1 unspecified atom stereocenters. The van der Waals surface area contributed by atoms with E-state index in [-0.39, 0.29) is 6.10 Å². The molecular weight excluding hydrogens is 182 g/mol. The third-order valence-electron chi connectivity index (χ3n) is 1.85. The standard InChI is InChI=1S/C10H23NO3/c1-10(4-7-12-2)14-9-8-13-6-3-5-11/h10H,3-9,11H2,1-2H3. The topological polar surface area (TPSA) is 53.7 Å². The van der Waals surface area contributed by atoms with Gasteiger partial charge in [-0.2, -0.15) is 0 Å². The van der Waals surface area contributed by atoms with Crippen LogP contribution in [0.15, 0.2) is 0 Å². The summed E-state index contributed by atoms with van der Waals surface area (Å²) < 4.78 is 15.7. The van der Waals surface area contributed by atoms with Gasteiger partial charge in [0.05, 0.1) is 19.3 Å². The highest BCUT2D eigenvalue weighted by atomic mass is 16.5. The fraction of sp³-hybridized carbons (Fsp3) is 1.00. The Morgan fingerprint density at radius 2 is 1.93 bits per heavy atom. The first kappa shape index (κ1) is 13.8. The van der Waals surface area contributed by atoms with Crippen LogP contribution in [0.5, 0.6) is 0 Å². The lowest BCUT2D eigenvalue weighted by molar-refractivity contribution is 0.000221. The molecule has 0 spiro atoms. The number of hydrogen-bond acceptors (Lipinski definition) is 4. The molecule has 4 nitrogen and oxygen atoms in total. The van der Waals surface area contributed by atoms with Crippen molar-refractivity contribution in [2.75, 3.05) is 40.1 Å². The van der Waals surface area contributed by atoms with Crippen LogP contribution < -0.4 is 5.73 Å². The Bertz CT molecular complexity index is 112. The zero-order chi connectivity index (χ0) is 10.6. The highest BCUT2D eigenvalue weighted by Crippen LogP contribution is 1.97. The van der Waals surface area contributed by atoms with Crippen molar-refractivity contribution in [1.29, 1.82) is 0 Å². The molecule has 0 aliphatic rings. The minimum absolute atomic E-state index is 0.244. The molecule has 0 aliphatic heterocycles. The Morgan fingerprint density at radius 3 is 2.57 bits per heavy atom. The van der Waals surface area contributed by atoms with Crippen LogP contribution in [0, 0.1) is 0 Å². The monoisotopic (exact) mass is 205 g/mol. The summed E-state index contributed by atoms with van der Waals surface area (Å²) >= 11 is 0. The second-order valence-corrected chi connectivity index (χ2v) is 3.22. The molecule has 0 heterocycles. The van der Waals surface area contributed by atoms with Crippen LogP contribution in [0.4, 0.5) is 0 Å². The van der Waals surface area contributed by atoms with Crippen LogP contribution in [-0.2, 0) is 14.2 Å². The first-order chi connectivity index (χ1) is 6.81. The lowest BCUT2D eigenvalue weighted by atomic mass is 10.3. The van der Waals surface area contributed by atoms with Gasteiger partial charge >= 0.3 is 0 Å². The van der Waals surface area contributed by atoms with Crippen molar-refractivity contribution in [3.8, 4) is 0 Å². The van der Waals surface area contributed by atoms with E-state index in [0.29, 0.717) is 19.8 Å². The smallest absolute Gasteiger partial charge is 0.0704 e. The molecule has 0 fully saturated rings. The number of methoxy groups -OCH3 is 1. The van der Waals surface area contributed by atoms with E-state index >= 15 is 0 Å². The van der Waals surface area contributed by atoms with E-state index in [2.05, 4.69) is 0 Å². The minimum atomic E-state index is 0.244. The average molecular weight is 205 g/mol. The van der Waals surface area contributed by atoms with Crippen LogP contribution in [-0.4, -0.2) is 46.2 Å². The zero-order valence-corrected chi connectivity index (χ0v) is 9.33. The van der Waals surface area contributed by atoms with Crippen LogP contribution in [0.3, 0.4) is 0 Å². The average Bonchev–Trinajstić information content (AvgIpc) is 2.20. The summed E-state index contributed by atoms with van der Waals surface area (Å²) in [6.45, 7) is 5.50. The van der Waals surface area contributed by atoms with Gasteiger partial charge in [0, 0.05) is 20.3 Å². The fourth-order valence-electron chi connectivity index (χ4n) is 0.963. The summed E-state index contributed by atoms with van der Waals surface area (Å²) in [5, 5.41) is 0. The van der Waals surface area contributed by atoms with Gasteiger partial charge in [-0.25, -0.2) is 0 Å². The summed E-state index contributed by atoms with van der Waals surface area (Å²) in [7, 11) is 1.70. The minimum Gasteiger partial charge on any atom is -0.385 e. The van der Waals surface area contributed by atoms with Crippen LogP contribution >= 0.6 is 0 Å². The normalized spacial score (nSPS) is 13.1. The summed E-state index contributed by atoms with van der Waals surface area (Å²) in [4.78, 5) is 0. The van der Waals surface area contributed by atoms with Crippen molar-refractivity contribution in [2.24, 2.45) is 5.73 Å². The van der Waals surface area contributed by atoms with Gasteiger partial charge in [0.25, 0.3) is 0 Å². The van der Waals surface area contributed by atoms with Gasteiger partial charge in [-0.1, -0.05) is 0 Å². The molecule has 0 radical (unpaired) electrons. The Morgan fingerprint density at radius 1 is 1.14 bits per heavy atom. The molecule has 14 heavy (non-hydrogen) atoms. The Hall–Kier alpha value is -0.160. The van der Waals surface area contributed by atoms with E-state index < -0.39 is 0 Å². The molecule has 0 saturated heterocycles. The maximum absolute atomic E-state index is 5.49. The molecule has 0 aromatic rings. The molecule has 2 N–H and O–H groups in total. The molecule has 0 saturated carbocycles. The maximum Gasteiger partial charge on any atom is 0.0704 e. The van der Waals surface area contributed by atoms with E-state index in [1.54, 1.807) is 7.11 Å². The van der Waals surface area contributed by atoms with Gasteiger partial charge in [-0.3, -0.25) is 0 Å². The number of rotatable bonds is 10. The van der Waals surface area contributed by atoms with Gasteiger partial charge in [-0.05, 0) is 26.3 Å². The van der Waals surface area contributed by atoms with Gasteiger partial charge in [0.2, 0.25) is 0 Å². The van der Waals surface area contributed by atoms with Crippen molar-refractivity contribution in [1.82, 2.24) is 0 Å². The molecule has 0 aliphatic carbocycles. The first-order valence-electron chi connectivity index (χ1n) is 5.19. The number of ether oxygens (including phenoxy) is 3. The third-order valence-corrected chi connectivity index (χ3v) is 1.85. The summed E-state index contributed by atoms with van der Waals surface area (Å²) in [6, 6.07) is 0. The molecule has 0 rings (SSSR count). The van der Waals surface area contributed by atoms with Crippen LogP contribution in [0.25, 0.3) is 0 Å². The zero-order valence-electron chi connectivity index (χ0n) is 9.33. The quantitative estimate of drug-likeness (QED) is 0.536. The molecule has 1 atom stereocenters. The summed E-state index contributed by atoms with van der Waals surface area (Å²) in [5.74, 6) is 0. The van der Waals surface area contributed by atoms with Crippen LogP contribution in [0.2, 0.25) is 0 Å². The molecule has 0 aromatic heterocycles. The van der Waals surface area contributed by atoms with Gasteiger partial charge in [0.1, 0.15) is 0 Å². The second kappa shape index (κ2) is 10.9. The summed E-state index contributed by atoms with van der Waals surface area (Å²) in [5.41, 5.74) is 5.32. The van der Waals surface area contributed by atoms with Crippen LogP contribution in [0.1, 0.15) is 19.8 Å². The van der Waals surface area contributed by atoms with Crippen molar-refractivity contribution in [3.63, 3.8) is 0 Å². The predicted octanol–water partition coefficient (Wildman–Crippen LogP) is 0.793. The van der Waals surface area contributed by atoms with E-state index in [1.807, 2.05) is 6.92 Å². The highest BCUT2D eigenvalue weighted by Gasteiger charge is 2.00. The van der Waals surface area contributed by atoms with Gasteiger partial charge < -0.3 is 19.9 Å². The maximum atomic E-state index is 5.49. The van der Waals surface area contributed by atoms with E-state index in [9.17, 15) is 0 Å². The SMILES string of the molecule is COCCC(C)OCCOCCCN. The van der Waals surface area contributed by atoms with Crippen molar-refractivity contribution in [3.05, 3.63) is 0 Å². The molecule has 4 heteroatoms. The van der Waals surface area contributed by atoms with E-state index in [4.69, 9.17) is 19.9 Å². The molecule has 0 amide bonds. The van der Waals surface area contributed by atoms with E-state index in [0.717, 1.165) is 26.1 Å². The first-order valence-corrected chi connectivity index (χ1v) is 5.19. The molecule has 0 aromatic carbocycles. The molecule has 0 bridgehead atoms. The lowest BCUT2D eigenvalue weighted by Gasteiger charge is -2.12.